The molecule has 5 nitrogen and oxygen atoms in total. The van der Waals surface area contributed by atoms with Gasteiger partial charge in [-0.1, -0.05) is 23.7 Å². The summed E-state index contributed by atoms with van der Waals surface area (Å²) >= 11 is 6.80. The lowest BCUT2D eigenvalue weighted by Gasteiger charge is -2.24. The number of sulfonamides is 1. The molecule has 0 aliphatic rings. The molecule has 1 atom stereocenters. The van der Waals surface area contributed by atoms with Gasteiger partial charge in [-0.2, -0.15) is 4.31 Å². The Labute approximate surface area is 145 Å². The Balaban J connectivity index is 2.31. The standard InChI is InChI=1S/C14H16ClNO4S3/c1-10(11-4-6-12(7-5-11)22(3,17)18)16(2)23(19,20)14-9-8-13(15)21-14/h4-10H,1-3H3. The van der Waals surface area contributed by atoms with Crippen LogP contribution in [0.3, 0.4) is 0 Å². The van der Waals surface area contributed by atoms with Crippen molar-refractivity contribution < 1.29 is 16.8 Å². The van der Waals surface area contributed by atoms with E-state index in [1.54, 1.807) is 25.1 Å². The van der Waals surface area contributed by atoms with Crippen LogP contribution in [0.1, 0.15) is 18.5 Å². The van der Waals surface area contributed by atoms with Gasteiger partial charge in [-0.15, -0.1) is 11.3 Å². The Bertz CT molecular complexity index is 902. The van der Waals surface area contributed by atoms with E-state index in [-0.39, 0.29) is 9.10 Å². The number of sulfone groups is 1. The van der Waals surface area contributed by atoms with Crippen molar-refractivity contribution in [3.05, 3.63) is 46.3 Å². The predicted molar refractivity (Wildman–Crippen MR) is 92.2 cm³/mol. The van der Waals surface area contributed by atoms with Crippen LogP contribution in [-0.4, -0.2) is 34.4 Å². The number of nitrogens with zero attached hydrogens (tertiary/aromatic N) is 1. The maximum absolute atomic E-state index is 12.6. The third-order valence-corrected chi connectivity index (χ3v) is 8.27. The molecule has 0 amide bonds. The Morgan fingerprint density at radius 3 is 2.04 bits per heavy atom. The molecular formula is C14H16ClNO4S3. The van der Waals surface area contributed by atoms with E-state index in [9.17, 15) is 16.8 Å². The summed E-state index contributed by atoms with van der Waals surface area (Å²) in [6, 6.07) is 8.75. The highest BCUT2D eigenvalue weighted by Crippen LogP contribution is 2.31. The lowest BCUT2D eigenvalue weighted by Crippen LogP contribution is -2.29. The molecule has 0 aliphatic heterocycles. The Morgan fingerprint density at radius 2 is 1.61 bits per heavy atom. The summed E-state index contributed by atoms with van der Waals surface area (Å²) in [4.78, 5) is 0.198. The van der Waals surface area contributed by atoms with Crippen molar-refractivity contribution in [1.82, 2.24) is 4.31 Å². The molecule has 23 heavy (non-hydrogen) atoms. The Kier molecular flexibility index (Phi) is 5.22. The maximum atomic E-state index is 12.6. The van der Waals surface area contributed by atoms with Crippen molar-refractivity contribution in [1.29, 1.82) is 0 Å². The zero-order valence-electron chi connectivity index (χ0n) is 12.7. The lowest BCUT2D eigenvalue weighted by molar-refractivity contribution is 0.399. The Hall–Kier alpha value is -0.930. The van der Waals surface area contributed by atoms with Crippen molar-refractivity contribution in [2.75, 3.05) is 13.3 Å². The summed E-state index contributed by atoms with van der Waals surface area (Å²) in [6.07, 6.45) is 1.13. The van der Waals surface area contributed by atoms with Gasteiger partial charge in [0.05, 0.1) is 9.23 Å². The second kappa shape index (κ2) is 6.52. The van der Waals surface area contributed by atoms with Gasteiger partial charge in [0.15, 0.2) is 9.84 Å². The van der Waals surface area contributed by atoms with Gasteiger partial charge >= 0.3 is 0 Å². The number of hydrogen-bond acceptors (Lipinski definition) is 5. The molecule has 0 bridgehead atoms. The van der Waals surface area contributed by atoms with E-state index in [0.717, 1.165) is 17.6 Å². The fourth-order valence-corrected chi connectivity index (χ4v) is 5.64. The minimum absolute atomic E-state index is 0.171. The van der Waals surface area contributed by atoms with Gasteiger partial charge in [0.25, 0.3) is 10.0 Å². The highest BCUT2D eigenvalue weighted by atomic mass is 35.5. The van der Waals surface area contributed by atoms with Crippen molar-refractivity contribution in [2.24, 2.45) is 0 Å². The Morgan fingerprint density at radius 1 is 1.04 bits per heavy atom. The summed E-state index contributed by atoms with van der Waals surface area (Å²) in [7, 11) is -5.45. The summed E-state index contributed by atoms with van der Waals surface area (Å²) in [5.41, 5.74) is 0.700. The molecule has 0 fully saturated rings. The first-order valence-corrected chi connectivity index (χ1v) is 11.1. The van der Waals surface area contributed by atoms with Gasteiger partial charge in [0.2, 0.25) is 0 Å². The van der Waals surface area contributed by atoms with E-state index in [2.05, 4.69) is 0 Å². The van der Waals surface area contributed by atoms with E-state index in [0.29, 0.717) is 9.90 Å². The molecule has 1 aromatic heterocycles. The fraction of sp³-hybridized carbons (Fsp3) is 0.286. The van der Waals surface area contributed by atoms with Gasteiger partial charge < -0.3 is 0 Å². The van der Waals surface area contributed by atoms with E-state index in [1.807, 2.05) is 0 Å². The van der Waals surface area contributed by atoms with E-state index in [1.165, 1.54) is 29.6 Å². The smallest absolute Gasteiger partial charge is 0.224 e. The molecule has 1 aromatic carbocycles. The molecule has 0 spiro atoms. The monoisotopic (exact) mass is 393 g/mol. The minimum Gasteiger partial charge on any atom is -0.224 e. The van der Waals surface area contributed by atoms with Gasteiger partial charge in [-0.25, -0.2) is 16.8 Å². The number of halogens is 1. The lowest BCUT2D eigenvalue weighted by atomic mass is 10.1. The summed E-state index contributed by atoms with van der Waals surface area (Å²) < 4.78 is 49.9. The van der Waals surface area contributed by atoms with Gasteiger partial charge in [-0.3, -0.25) is 0 Å². The molecule has 0 saturated heterocycles. The van der Waals surface area contributed by atoms with Crippen LogP contribution in [-0.2, 0) is 19.9 Å². The zero-order valence-corrected chi connectivity index (χ0v) is 15.9. The van der Waals surface area contributed by atoms with Crippen LogP contribution in [0.15, 0.2) is 45.5 Å². The molecule has 0 N–H and O–H groups in total. The van der Waals surface area contributed by atoms with E-state index >= 15 is 0 Å². The van der Waals surface area contributed by atoms with Crippen LogP contribution in [0.25, 0.3) is 0 Å². The van der Waals surface area contributed by atoms with Crippen LogP contribution in [0.4, 0.5) is 0 Å². The second-order valence-corrected chi connectivity index (χ2v) is 11.1. The van der Waals surface area contributed by atoms with Gasteiger partial charge in [-0.05, 0) is 36.8 Å². The molecule has 1 unspecified atom stereocenters. The van der Waals surface area contributed by atoms with Crippen LogP contribution >= 0.6 is 22.9 Å². The molecule has 1 heterocycles. The van der Waals surface area contributed by atoms with Gasteiger partial charge in [0, 0.05) is 19.3 Å². The summed E-state index contributed by atoms with van der Waals surface area (Å²) in [5.74, 6) is 0. The van der Waals surface area contributed by atoms with E-state index < -0.39 is 25.9 Å². The van der Waals surface area contributed by atoms with Crippen molar-refractivity contribution in [2.45, 2.75) is 22.1 Å². The van der Waals surface area contributed by atoms with Crippen molar-refractivity contribution >= 4 is 42.8 Å². The quantitative estimate of drug-likeness (QED) is 0.782. The topological polar surface area (TPSA) is 71.5 Å². The third kappa shape index (κ3) is 3.95. The normalized spacial score (nSPS) is 14.1. The first kappa shape index (κ1) is 18.4. The fourth-order valence-electron chi connectivity index (χ4n) is 1.99. The average Bonchev–Trinajstić information content (AvgIpc) is 2.92. The van der Waals surface area contributed by atoms with Crippen molar-refractivity contribution in [3.8, 4) is 0 Å². The highest BCUT2D eigenvalue weighted by molar-refractivity contribution is 7.91. The van der Waals surface area contributed by atoms with Crippen LogP contribution in [0.5, 0.6) is 0 Å². The summed E-state index contributed by atoms with van der Waals surface area (Å²) in [5, 5.41) is 0. The summed E-state index contributed by atoms with van der Waals surface area (Å²) in [6.45, 7) is 1.74. The van der Waals surface area contributed by atoms with Gasteiger partial charge in [0.1, 0.15) is 4.21 Å². The van der Waals surface area contributed by atoms with Crippen LogP contribution < -0.4 is 0 Å². The molecule has 0 radical (unpaired) electrons. The second-order valence-electron chi connectivity index (χ2n) is 5.10. The molecule has 0 saturated carbocycles. The van der Waals surface area contributed by atoms with Crippen LogP contribution in [0, 0.1) is 0 Å². The van der Waals surface area contributed by atoms with E-state index in [4.69, 9.17) is 11.6 Å². The average molecular weight is 394 g/mol. The third-order valence-electron chi connectivity index (χ3n) is 3.52. The first-order valence-electron chi connectivity index (χ1n) is 6.57. The zero-order chi connectivity index (χ0) is 17.4. The minimum atomic E-state index is -3.65. The molecule has 126 valence electrons. The molecule has 9 heteroatoms. The predicted octanol–water partition coefficient (Wildman–Crippen LogP) is 3.19. The molecular weight excluding hydrogens is 378 g/mol. The molecule has 0 aliphatic carbocycles. The molecule has 2 aromatic rings. The van der Waals surface area contributed by atoms with Crippen molar-refractivity contribution in [3.63, 3.8) is 0 Å². The van der Waals surface area contributed by atoms with Crippen LogP contribution in [0.2, 0.25) is 4.34 Å². The largest absolute Gasteiger partial charge is 0.252 e. The number of thiophene rings is 1. The first-order chi connectivity index (χ1) is 10.5. The SMILES string of the molecule is CC(c1ccc(S(C)(=O)=O)cc1)N(C)S(=O)(=O)c1ccc(Cl)s1. The maximum Gasteiger partial charge on any atom is 0.252 e. The highest BCUT2D eigenvalue weighted by Gasteiger charge is 2.27. The molecule has 2 rings (SSSR count). The number of rotatable bonds is 5. The number of benzene rings is 1. The number of hydrogen-bond donors (Lipinski definition) is 0.